The maximum atomic E-state index is 11.4. The molecule has 0 aromatic rings. The first-order chi connectivity index (χ1) is 6.53. The van der Waals surface area contributed by atoms with Gasteiger partial charge in [0.1, 0.15) is 5.41 Å². The van der Waals surface area contributed by atoms with Crippen molar-refractivity contribution in [2.75, 3.05) is 0 Å². The lowest BCUT2D eigenvalue weighted by Gasteiger charge is -2.53. The first-order valence-corrected chi connectivity index (χ1v) is 5.00. The van der Waals surface area contributed by atoms with Gasteiger partial charge >= 0.3 is 11.9 Å². The summed E-state index contributed by atoms with van der Waals surface area (Å²) in [6.45, 7) is 1.52. The Hall–Kier alpha value is -1.06. The molecule has 1 spiro atoms. The summed E-state index contributed by atoms with van der Waals surface area (Å²) in [6, 6.07) is 0. The minimum Gasteiger partial charge on any atom is -0.478 e. The van der Waals surface area contributed by atoms with Gasteiger partial charge in [-0.05, 0) is 19.8 Å². The summed E-state index contributed by atoms with van der Waals surface area (Å²) in [4.78, 5) is 22.5. The van der Waals surface area contributed by atoms with Crippen molar-refractivity contribution in [3.8, 4) is 0 Å². The third kappa shape index (κ3) is 0.885. The van der Waals surface area contributed by atoms with Crippen molar-refractivity contribution in [2.45, 2.75) is 44.6 Å². The van der Waals surface area contributed by atoms with Crippen molar-refractivity contribution >= 4 is 11.9 Å². The van der Waals surface area contributed by atoms with Crippen LogP contribution in [0.1, 0.15) is 39.0 Å². The number of carbonyl (C=O) groups excluding carboxylic acids is 1. The predicted octanol–water partition coefficient (Wildman–Crippen LogP) is 1.34. The van der Waals surface area contributed by atoms with Crippen LogP contribution in [0.5, 0.6) is 0 Å². The van der Waals surface area contributed by atoms with Crippen LogP contribution in [0.2, 0.25) is 0 Å². The van der Waals surface area contributed by atoms with Crippen molar-refractivity contribution in [1.82, 2.24) is 0 Å². The molecule has 1 unspecified atom stereocenters. The van der Waals surface area contributed by atoms with Crippen LogP contribution in [-0.2, 0) is 14.3 Å². The van der Waals surface area contributed by atoms with Crippen molar-refractivity contribution in [3.63, 3.8) is 0 Å². The quantitative estimate of drug-likeness (QED) is 0.646. The summed E-state index contributed by atoms with van der Waals surface area (Å²) in [7, 11) is 0. The summed E-state index contributed by atoms with van der Waals surface area (Å²) in [5, 5.41) is 9.05. The predicted molar refractivity (Wildman–Crippen MR) is 47.7 cm³/mol. The molecule has 78 valence electrons. The molecule has 0 aromatic carbocycles. The number of cyclic esters (lactones) is 1. The van der Waals surface area contributed by atoms with Gasteiger partial charge in [0.2, 0.25) is 5.60 Å². The Balaban J connectivity index is 2.30. The zero-order valence-electron chi connectivity index (χ0n) is 8.21. The van der Waals surface area contributed by atoms with E-state index in [1.807, 2.05) is 0 Å². The van der Waals surface area contributed by atoms with Gasteiger partial charge in [-0.3, -0.25) is 4.79 Å². The summed E-state index contributed by atoms with van der Waals surface area (Å²) >= 11 is 0. The highest BCUT2D eigenvalue weighted by molar-refractivity contribution is 5.97. The van der Waals surface area contributed by atoms with Crippen molar-refractivity contribution in [1.29, 1.82) is 0 Å². The second-order valence-electron chi connectivity index (χ2n) is 4.37. The molecule has 0 radical (unpaired) electrons. The van der Waals surface area contributed by atoms with Gasteiger partial charge in [-0.2, -0.15) is 0 Å². The van der Waals surface area contributed by atoms with Gasteiger partial charge in [0.15, 0.2) is 0 Å². The number of carbonyl (C=O) groups is 2. The number of esters is 1. The molecule has 1 aliphatic carbocycles. The molecule has 1 heterocycles. The van der Waals surface area contributed by atoms with Gasteiger partial charge in [0.05, 0.1) is 0 Å². The number of carboxylic acids is 1. The topological polar surface area (TPSA) is 63.6 Å². The van der Waals surface area contributed by atoms with Crippen LogP contribution in [0, 0.1) is 5.41 Å². The first kappa shape index (κ1) is 9.49. The molecule has 1 saturated carbocycles. The van der Waals surface area contributed by atoms with Crippen LogP contribution in [0.4, 0.5) is 0 Å². The molecular weight excluding hydrogens is 184 g/mol. The molecule has 2 aliphatic rings. The zero-order valence-corrected chi connectivity index (χ0v) is 8.21. The van der Waals surface area contributed by atoms with Gasteiger partial charge < -0.3 is 9.84 Å². The lowest BCUT2D eigenvalue weighted by molar-refractivity contribution is -0.248. The van der Waals surface area contributed by atoms with Crippen LogP contribution < -0.4 is 0 Å². The van der Waals surface area contributed by atoms with Gasteiger partial charge in [0, 0.05) is 0 Å². The van der Waals surface area contributed by atoms with Crippen molar-refractivity contribution in [2.24, 2.45) is 5.41 Å². The number of hydrogen-bond acceptors (Lipinski definition) is 3. The van der Waals surface area contributed by atoms with E-state index in [2.05, 4.69) is 0 Å². The molecule has 1 atom stereocenters. The summed E-state index contributed by atoms with van der Waals surface area (Å²) < 4.78 is 4.84. The Kier molecular flexibility index (Phi) is 1.84. The Morgan fingerprint density at radius 1 is 1.36 bits per heavy atom. The standard InChI is InChI=1S/C10H14O4/c1-9(7(11)12)10(8(13)14-9)5-3-2-4-6-10/h2-6H2,1H3,(H,11,12). The van der Waals surface area contributed by atoms with E-state index in [-0.39, 0.29) is 5.97 Å². The molecule has 2 rings (SSSR count). The third-order valence-electron chi connectivity index (χ3n) is 3.72. The fraction of sp³-hybridized carbons (Fsp3) is 0.800. The van der Waals surface area contributed by atoms with Gasteiger partial charge in [-0.1, -0.05) is 19.3 Å². The van der Waals surface area contributed by atoms with E-state index in [9.17, 15) is 9.59 Å². The zero-order chi connectivity index (χ0) is 10.4. The van der Waals surface area contributed by atoms with E-state index < -0.39 is 17.0 Å². The number of hydrogen-bond donors (Lipinski definition) is 1. The number of rotatable bonds is 1. The van der Waals surface area contributed by atoms with Crippen LogP contribution >= 0.6 is 0 Å². The highest BCUT2D eigenvalue weighted by atomic mass is 16.6. The molecular formula is C10H14O4. The van der Waals surface area contributed by atoms with Crippen LogP contribution in [0.15, 0.2) is 0 Å². The number of aliphatic carboxylic acids is 1. The molecule has 1 N–H and O–H groups in total. The monoisotopic (exact) mass is 198 g/mol. The summed E-state index contributed by atoms with van der Waals surface area (Å²) in [5.74, 6) is -1.33. The second kappa shape index (κ2) is 2.72. The van der Waals surface area contributed by atoms with E-state index in [0.717, 1.165) is 19.3 Å². The van der Waals surface area contributed by atoms with Gasteiger partial charge in [-0.15, -0.1) is 0 Å². The Bertz CT molecular complexity index is 290. The molecule has 4 heteroatoms. The molecule has 4 nitrogen and oxygen atoms in total. The molecule has 1 aliphatic heterocycles. The maximum Gasteiger partial charge on any atom is 0.349 e. The van der Waals surface area contributed by atoms with Crippen LogP contribution in [-0.4, -0.2) is 22.6 Å². The molecule has 0 bridgehead atoms. The Morgan fingerprint density at radius 3 is 2.36 bits per heavy atom. The minimum atomic E-state index is -1.27. The lowest BCUT2D eigenvalue weighted by Crippen LogP contribution is -2.69. The second-order valence-corrected chi connectivity index (χ2v) is 4.37. The van der Waals surface area contributed by atoms with Crippen molar-refractivity contribution in [3.05, 3.63) is 0 Å². The average Bonchev–Trinajstić information content (AvgIpc) is 2.19. The van der Waals surface area contributed by atoms with Crippen LogP contribution in [0.25, 0.3) is 0 Å². The molecule has 2 fully saturated rings. The summed E-state index contributed by atoms with van der Waals surface area (Å²) in [6.07, 6.45) is 4.27. The SMILES string of the molecule is CC1(C(=O)O)OC(=O)C12CCCCC2. The Labute approximate surface area is 82.2 Å². The largest absolute Gasteiger partial charge is 0.478 e. The highest BCUT2D eigenvalue weighted by Crippen LogP contribution is 2.55. The van der Waals surface area contributed by atoms with Gasteiger partial charge in [-0.25, -0.2) is 4.79 Å². The third-order valence-corrected chi connectivity index (χ3v) is 3.72. The number of carboxylic acid groups (broad SMARTS) is 1. The van der Waals surface area contributed by atoms with Crippen LogP contribution in [0.3, 0.4) is 0 Å². The van der Waals surface area contributed by atoms with E-state index in [4.69, 9.17) is 9.84 Å². The lowest BCUT2D eigenvalue weighted by atomic mass is 9.60. The molecule has 14 heavy (non-hydrogen) atoms. The van der Waals surface area contributed by atoms with Crippen molar-refractivity contribution < 1.29 is 19.4 Å². The van der Waals surface area contributed by atoms with E-state index in [1.54, 1.807) is 0 Å². The normalized spacial score (nSPS) is 34.8. The van der Waals surface area contributed by atoms with E-state index >= 15 is 0 Å². The first-order valence-electron chi connectivity index (χ1n) is 5.00. The smallest absolute Gasteiger partial charge is 0.349 e. The molecule has 0 aromatic heterocycles. The fourth-order valence-electron chi connectivity index (χ4n) is 2.61. The fourth-order valence-corrected chi connectivity index (χ4v) is 2.61. The summed E-state index contributed by atoms with van der Waals surface area (Å²) in [5.41, 5.74) is -2.00. The number of ether oxygens (including phenoxy) is 1. The minimum absolute atomic E-state index is 0.317. The van der Waals surface area contributed by atoms with E-state index in [1.165, 1.54) is 6.92 Å². The molecule has 1 saturated heterocycles. The van der Waals surface area contributed by atoms with E-state index in [0.29, 0.717) is 12.8 Å². The maximum absolute atomic E-state index is 11.4. The molecule has 0 amide bonds. The highest BCUT2D eigenvalue weighted by Gasteiger charge is 2.70. The van der Waals surface area contributed by atoms with Gasteiger partial charge in [0.25, 0.3) is 0 Å². The average molecular weight is 198 g/mol. The Morgan fingerprint density at radius 2 is 1.93 bits per heavy atom.